The number of amides is 1. The summed E-state index contributed by atoms with van der Waals surface area (Å²) in [5.41, 5.74) is 6.43. The van der Waals surface area contributed by atoms with Gasteiger partial charge in [-0.25, -0.2) is 0 Å². The van der Waals surface area contributed by atoms with E-state index in [0.717, 1.165) is 24.0 Å². The highest BCUT2D eigenvalue weighted by atomic mass is 79.9. The molecule has 6 heteroatoms. The normalized spacial score (nSPS) is 20.1. The number of carbonyl (C=O) groups excluding carboxylic acids is 1. The second-order valence-electron chi connectivity index (χ2n) is 4.46. The SMILES string of the molecule is N[C@@H]1CCN(CC(=O)Nc2ccc(Br)cc2Cl)C1. The molecule has 1 aliphatic rings. The molecule has 1 fully saturated rings. The van der Waals surface area contributed by atoms with Crippen LogP contribution in [0.15, 0.2) is 22.7 Å². The number of anilines is 1. The number of likely N-dealkylation sites (tertiary alicyclic amines) is 1. The Hall–Kier alpha value is -0.620. The van der Waals surface area contributed by atoms with E-state index in [-0.39, 0.29) is 11.9 Å². The minimum Gasteiger partial charge on any atom is -0.326 e. The number of benzene rings is 1. The lowest BCUT2D eigenvalue weighted by molar-refractivity contribution is -0.117. The molecule has 0 bridgehead atoms. The lowest BCUT2D eigenvalue weighted by atomic mass is 10.3. The zero-order valence-electron chi connectivity index (χ0n) is 9.83. The molecule has 1 aromatic carbocycles. The summed E-state index contributed by atoms with van der Waals surface area (Å²) in [6.45, 7) is 2.02. The predicted octanol–water partition coefficient (Wildman–Crippen LogP) is 2.07. The van der Waals surface area contributed by atoms with Crippen LogP contribution >= 0.6 is 27.5 Å². The molecule has 2 rings (SSSR count). The molecule has 98 valence electrons. The molecular formula is C12H15BrClN3O. The molecule has 1 atom stereocenters. The van der Waals surface area contributed by atoms with Crippen molar-refractivity contribution in [3.63, 3.8) is 0 Å². The monoisotopic (exact) mass is 331 g/mol. The molecule has 0 aliphatic carbocycles. The van der Waals surface area contributed by atoms with E-state index in [0.29, 0.717) is 17.3 Å². The van der Waals surface area contributed by atoms with E-state index in [1.807, 2.05) is 11.0 Å². The highest BCUT2D eigenvalue weighted by Crippen LogP contribution is 2.25. The number of hydrogen-bond acceptors (Lipinski definition) is 3. The first-order chi connectivity index (χ1) is 8.54. The minimum atomic E-state index is -0.0617. The van der Waals surface area contributed by atoms with Crippen molar-refractivity contribution in [1.29, 1.82) is 0 Å². The summed E-state index contributed by atoms with van der Waals surface area (Å²) in [5, 5.41) is 3.33. The van der Waals surface area contributed by atoms with Gasteiger partial charge >= 0.3 is 0 Å². The molecule has 1 heterocycles. The first kappa shape index (κ1) is 13.8. The molecule has 0 unspecified atom stereocenters. The summed E-state index contributed by atoms with van der Waals surface area (Å²) < 4.78 is 0.885. The molecule has 1 aliphatic heterocycles. The van der Waals surface area contributed by atoms with Crippen molar-refractivity contribution < 1.29 is 4.79 Å². The van der Waals surface area contributed by atoms with Gasteiger partial charge < -0.3 is 11.1 Å². The standard InChI is InChI=1S/C12H15BrClN3O/c13-8-1-2-11(10(14)5-8)16-12(18)7-17-4-3-9(15)6-17/h1-2,5,9H,3-4,6-7,15H2,(H,16,18)/t9-/m1/s1. The number of nitrogens with zero attached hydrogens (tertiary/aromatic N) is 1. The lowest BCUT2D eigenvalue weighted by Crippen LogP contribution is -2.33. The van der Waals surface area contributed by atoms with Crippen molar-refractivity contribution in [2.75, 3.05) is 25.0 Å². The van der Waals surface area contributed by atoms with Gasteiger partial charge in [-0.2, -0.15) is 0 Å². The van der Waals surface area contributed by atoms with E-state index in [1.165, 1.54) is 0 Å². The Bertz CT molecular complexity index is 455. The topological polar surface area (TPSA) is 58.4 Å². The molecule has 1 aromatic rings. The molecule has 0 spiro atoms. The van der Waals surface area contributed by atoms with Gasteiger partial charge in [0.25, 0.3) is 0 Å². The Morgan fingerprint density at radius 3 is 3.00 bits per heavy atom. The second kappa shape index (κ2) is 6.02. The highest BCUT2D eigenvalue weighted by Gasteiger charge is 2.21. The van der Waals surface area contributed by atoms with Crippen LogP contribution in [0.4, 0.5) is 5.69 Å². The van der Waals surface area contributed by atoms with Gasteiger partial charge in [0.15, 0.2) is 0 Å². The van der Waals surface area contributed by atoms with Gasteiger partial charge in [0.1, 0.15) is 0 Å². The van der Waals surface area contributed by atoms with Gasteiger partial charge in [0, 0.05) is 23.6 Å². The summed E-state index contributed by atoms with van der Waals surface area (Å²) in [7, 11) is 0. The van der Waals surface area contributed by atoms with Crippen LogP contribution in [0.2, 0.25) is 5.02 Å². The summed E-state index contributed by atoms with van der Waals surface area (Å²) in [6.07, 6.45) is 0.951. The first-order valence-electron chi connectivity index (χ1n) is 5.77. The predicted molar refractivity (Wildman–Crippen MR) is 76.8 cm³/mol. The van der Waals surface area contributed by atoms with E-state index in [1.54, 1.807) is 12.1 Å². The quantitative estimate of drug-likeness (QED) is 0.891. The van der Waals surface area contributed by atoms with Gasteiger partial charge in [0.05, 0.1) is 17.3 Å². The average Bonchev–Trinajstić information content (AvgIpc) is 2.68. The zero-order valence-corrected chi connectivity index (χ0v) is 12.2. The minimum absolute atomic E-state index is 0.0617. The van der Waals surface area contributed by atoms with E-state index in [9.17, 15) is 4.79 Å². The molecule has 0 radical (unpaired) electrons. The molecule has 3 N–H and O–H groups in total. The van der Waals surface area contributed by atoms with Crippen molar-refractivity contribution >= 4 is 39.1 Å². The Kier molecular flexibility index (Phi) is 4.61. The lowest BCUT2D eigenvalue weighted by Gasteiger charge is -2.15. The maximum atomic E-state index is 11.8. The van der Waals surface area contributed by atoms with Crippen molar-refractivity contribution in [3.05, 3.63) is 27.7 Å². The van der Waals surface area contributed by atoms with Crippen LogP contribution in [0.3, 0.4) is 0 Å². The first-order valence-corrected chi connectivity index (χ1v) is 6.94. The van der Waals surface area contributed by atoms with Crippen molar-refractivity contribution in [2.45, 2.75) is 12.5 Å². The van der Waals surface area contributed by atoms with Crippen LogP contribution in [0.5, 0.6) is 0 Å². The number of carbonyl (C=O) groups is 1. The van der Waals surface area contributed by atoms with Crippen LogP contribution in [-0.4, -0.2) is 36.5 Å². The van der Waals surface area contributed by atoms with Crippen molar-refractivity contribution in [1.82, 2.24) is 4.90 Å². The summed E-state index contributed by atoms with van der Waals surface area (Å²) in [6, 6.07) is 5.56. The zero-order chi connectivity index (χ0) is 13.1. The smallest absolute Gasteiger partial charge is 0.238 e. The molecular weight excluding hydrogens is 318 g/mol. The van der Waals surface area contributed by atoms with Crippen LogP contribution in [0.25, 0.3) is 0 Å². The number of halogens is 2. The maximum Gasteiger partial charge on any atom is 0.238 e. The van der Waals surface area contributed by atoms with Gasteiger partial charge in [0.2, 0.25) is 5.91 Å². The van der Waals surface area contributed by atoms with Gasteiger partial charge in [-0.15, -0.1) is 0 Å². The fourth-order valence-electron chi connectivity index (χ4n) is 1.99. The Morgan fingerprint density at radius 2 is 2.39 bits per heavy atom. The van der Waals surface area contributed by atoms with Gasteiger partial charge in [-0.1, -0.05) is 27.5 Å². The largest absolute Gasteiger partial charge is 0.326 e. The Labute approximate surface area is 120 Å². The molecule has 0 saturated carbocycles. The molecule has 0 aromatic heterocycles. The second-order valence-corrected chi connectivity index (χ2v) is 5.78. The van der Waals surface area contributed by atoms with Gasteiger partial charge in [-0.3, -0.25) is 9.69 Å². The number of nitrogens with two attached hydrogens (primary N) is 1. The van der Waals surface area contributed by atoms with E-state index >= 15 is 0 Å². The van der Waals surface area contributed by atoms with E-state index < -0.39 is 0 Å². The average molecular weight is 333 g/mol. The Balaban J connectivity index is 1.91. The highest BCUT2D eigenvalue weighted by molar-refractivity contribution is 9.10. The van der Waals surface area contributed by atoms with Crippen molar-refractivity contribution in [2.24, 2.45) is 5.73 Å². The van der Waals surface area contributed by atoms with Crippen LogP contribution in [0.1, 0.15) is 6.42 Å². The van der Waals surface area contributed by atoms with Crippen LogP contribution in [-0.2, 0) is 4.79 Å². The molecule has 1 saturated heterocycles. The molecule has 4 nitrogen and oxygen atoms in total. The van der Waals surface area contributed by atoms with E-state index in [2.05, 4.69) is 21.2 Å². The fraction of sp³-hybridized carbons (Fsp3) is 0.417. The summed E-state index contributed by atoms with van der Waals surface area (Å²) >= 11 is 9.36. The van der Waals surface area contributed by atoms with E-state index in [4.69, 9.17) is 17.3 Å². The third-order valence-corrected chi connectivity index (χ3v) is 3.69. The third kappa shape index (κ3) is 3.68. The van der Waals surface area contributed by atoms with Crippen molar-refractivity contribution in [3.8, 4) is 0 Å². The molecule has 1 amide bonds. The molecule has 18 heavy (non-hydrogen) atoms. The number of hydrogen-bond donors (Lipinski definition) is 2. The van der Waals surface area contributed by atoms with Crippen LogP contribution < -0.4 is 11.1 Å². The third-order valence-electron chi connectivity index (χ3n) is 2.88. The number of nitrogens with one attached hydrogen (secondary N) is 1. The number of rotatable bonds is 3. The van der Waals surface area contributed by atoms with Crippen LogP contribution in [0, 0.1) is 0 Å². The Morgan fingerprint density at radius 1 is 1.61 bits per heavy atom. The fourth-order valence-corrected chi connectivity index (χ4v) is 2.71. The summed E-state index contributed by atoms with van der Waals surface area (Å²) in [4.78, 5) is 13.9. The maximum absolute atomic E-state index is 11.8. The summed E-state index contributed by atoms with van der Waals surface area (Å²) in [5.74, 6) is -0.0617. The van der Waals surface area contributed by atoms with Gasteiger partial charge in [-0.05, 0) is 24.6 Å².